The number of para-hydroxylation sites is 1. The van der Waals surface area contributed by atoms with Crippen LogP contribution in [-0.2, 0) is 0 Å². The van der Waals surface area contributed by atoms with Crippen molar-refractivity contribution in [1.29, 1.82) is 0 Å². The number of nitro benzene ring substituents is 1. The summed E-state index contributed by atoms with van der Waals surface area (Å²) in [5, 5.41) is 15.6. The fourth-order valence-electron chi connectivity index (χ4n) is 2.99. The Morgan fingerprint density at radius 2 is 1.90 bits per heavy atom. The molecule has 0 aliphatic carbocycles. The monoisotopic (exact) mass is 411 g/mol. The molecule has 29 heavy (non-hydrogen) atoms. The van der Waals surface area contributed by atoms with Gasteiger partial charge in [-0.1, -0.05) is 41.6 Å². The van der Waals surface area contributed by atoms with E-state index in [9.17, 15) is 14.9 Å². The maximum absolute atomic E-state index is 12.7. The van der Waals surface area contributed by atoms with E-state index in [2.05, 4.69) is 5.10 Å². The summed E-state index contributed by atoms with van der Waals surface area (Å²) in [6.45, 7) is 7.32. The van der Waals surface area contributed by atoms with Crippen LogP contribution < -0.4 is 4.74 Å². The first kappa shape index (κ1) is 20.6. The second-order valence-corrected chi connectivity index (χ2v) is 7.74. The van der Waals surface area contributed by atoms with Gasteiger partial charge in [-0.2, -0.15) is 5.10 Å². The Balaban J connectivity index is 1.80. The van der Waals surface area contributed by atoms with Crippen molar-refractivity contribution in [2.75, 3.05) is 6.61 Å². The number of carbonyl (C=O) groups excluding carboxylic acids is 1. The molecule has 150 valence electrons. The maximum Gasteiger partial charge on any atom is 0.285 e. The molecule has 8 heteroatoms. The van der Waals surface area contributed by atoms with Gasteiger partial charge in [-0.25, -0.2) is 4.68 Å². The standard InChI is InChI=1S/C21H21N3O4S/c1-13-9-10-18(14(2)11-13)28-12-20(25)23-16(4)21(15(3)22-23)29-19-8-6-5-7-17(19)24(26)27/h5-11H,12H2,1-4H3. The zero-order valence-electron chi connectivity index (χ0n) is 16.6. The lowest BCUT2D eigenvalue weighted by atomic mass is 10.1. The summed E-state index contributed by atoms with van der Waals surface area (Å²) < 4.78 is 6.98. The summed E-state index contributed by atoms with van der Waals surface area (Å²) in [4.78, 5) is 24.7. The van der Waals surface area contributed by atoms with Crippen LogP contribution in [0.5, 0.6) is 5.75 Å². The maximum atomic E-state index is 12.7. The third kappa shape index (κ3) is 4.48. The molecule has 3 aromatic rings. The number of aromatic nitrogens is 2. The molecule has 3 rings (SSSR count). The van der Waals surface area contributed by atoms with Gasteiger partial charge in [0.15, 0.2) is 6.61 Å². The van der Waals surface area contributed by atoms with Gasteiger partial charge < -0.3 is 4.74 Å². The summed E-state index contributed by atoms with van der Waals surface area (Å²) in [5.41, 5.74) is 3.36. The van der Waals surface area contributed by atoms with Crippen LogP contribution in [0.1, 0.15) is 27.3 Å². The molecule has 0 spiro atoms. The van der Waals surface area contributed by atoms with Crippen LogP contribution in [0.4, 0.5) is 5.69 Å². The van der Waals surface area contributed by atoms with Gasteiger partial charge in [0.2, 0.25) is 0 Å². The Morgan fingerprint density at radius 3 is 2.59 bits per heavy atom. The van der Waals surface area contributed by atoms with Crippen LogP contribution in [0.15, 0.2) is 52.3 Å². The van der Waals surface area contributed by atoms with Crippen LogP contribution in [0.2, 0.25) is 0 Å². The Morgan fingerprint density at radius 1 is 1.17 bits per heavy atom. The van der Waals surface area contributed by atoms with Crippen LogP contribution in [0, 0.1) is 37.8 Å². The Bertz CT molecular complexity index is 1090. The number of nitrogens with zero attached hydrogens (tertiary/aromatic N) is 3. The van der Waals surface area contributed by atoms with Crippen molar-refractivity contribution in [3.05, 3.63) is 75.1 Å². The zero-order valence-corrected chi connectivity index (χ0v) is 17.4. The first-order valence-corrected chi connectivity index (χ1v) is 9.80. The lowest BCUT2D eigenvalue weighted by molar-refractivity contribution is -0.387. The van der Waals surface area contributed by atoms with Gasteiger partial charge in [-0.15, -0.1) is 0 Å². The SMILES string of the molecule is Cc1ccc(OCC(=O)n2nc(C)c(Sc3ccccc3[N+](=O)[O-])c2C)c(C)c1. The molecule has 0 aliphatic heterocycles. The van der Waals surface area contributed by atoms with Crippen molar-refractivity contribution in [2.45, 2.75) is 37.5 Å². The summed E-state index contributed by atoms with van der Waals surface area (Å²) >= 11 is 1.23. The van der Waals surface area contributed by atoms with E-state index in [4.69, 9.17) is 4.74 Å². The fraction of sp³-hybridized carbons (Fsp3) is 0.238. The summed E-state index contributed by atoms with van der Waals surface area (Å²) in [6, 6.07) is 12.3. The normalized spacial score (nSPS) is 10.8. The summed E-state index contributed by atoms with van der Waals surface area (Å²) in [5.74, 6) is 0.347. The van der Waals surface area contributed by atoms with E-state index >= 15 is 0 Å². The lowest BCUT2D eigenvalue weighted by Crippen LogP contribution is -2.22. The second-order valence-electron chi connectivity index (χ2n) is 6.69. The molecule has 0 unspecified atom stereocenters. The minimum Gasteiger partial charge on any atom is -0.483 e. The second kappa shape index (κ2) is 8.48. The highest BCUT2D eigenvalue weighted by molar-refractivity contribution is 7.99. The van der Waals surface area contributed by atoms with Crippen molar-refractivity contribution in [3.8, 4) is 5.75 Å². The first-order valence-electron chi connectivity index (χ1n) is 8.98. The largest absolute Gasteiger partial charge is 0.483 e. The Kier molecular flexibility index (Phi) is 6.03. The third-order valence-electron chi connectivity index (χ3n) is 4.42. The van der Waals surface area contributed by atoms with E-state index in [0.29, 0.717) is 22.0 Å². The van der Waals surface area contributed by atoms with E-state index in [-0.39, 0.29) is 18.2 Å². The molecule has 0 saturated heterocycles. The van der Waals surface area contributed by atoms with Crippen molar-refractivity contribution >= 4 is 23.4 Å². The van der Waals surface area contributed by atoms with Crippen LogP contribution in [-0.4, -0.2) is 27.2 Å². The molecule has 0 fully saturated rings. The minimum absolute atomic E-state index is 0.0218. The van der Waals surface area contributed by atoms with Gasteiger partial charge >= 0.3 is 0 Å². The lowest BCUT2D eigenvalue weighted by Gasteiger charge is -2.10. The predicted octanol–water partition coefficient (Wildman–Crippen LogP) is 4.90. The molecular weight excluding hydrogens is 390 g/mol. The minimum atomic E-state index is -0.416. The van der Waals surface area contributed by atoms with Crippen LogP contribution in [0.3, 0.4) is 0 Å². The highest BCUT2D eigenvalue weighted by Gasteiger charge is 2.21. The van der Waals surface area contributed by atoms with Gasteiger partial charge in [0.05, 0.1) is 26.1 Å². The van der Waals surface area contributed by atoms with Gasteiger partial charge in [-0.05, 0) is 45.4 Å². The first-order chi connectivity index (χ1) is 13.8. The molecule has 0 N–H and O–H groups in total. The number of carbonyl (C=O) groups is 1. The van der Waals surface area contributed by atoms with Crippen molar-refractivity contribution in [2.24, 2.45) is 0 Å². The number of benzene rings is 2. The molecule has 1 aromatic heterocycles. The molecular formula is C21H21N3O4S. The fourth-order valence-corrected chi connectivity index (χ4v) is 4.02. The predicted molar refractivity (Wildman–Crippen MR) is 111 cm³/mol. The van der Waals surface area contributed by atoms with E-state index in [1.165, 1.54) is 22.5 Å². The van der Waals surface area contributed by atoms with Gasteiger partial charge in [0.25, 0.3) is 11.6 Å². The molecule has 7 nitrogen and oxygen atoms in total. The number of hydrogen-bond acceptors (Lipinski definition) is 6. The zero-order chi connectivity index (χ0) is 21.1. The average Bonchev–Trinajstić information content (AvgIpc) is 2.95. The summed E-state index contributed by atoms with van der Waals surface area (Å²) in [7, 11) is 0. The van der Waals surface area contributed by atoms with Crippen molar-refractivity contribution < 1.29 is 14.5 Å². The highest BCUT2D eigenvalue weighted by atomic mass is 32.2. The average molecular weight is 411 g/mol. The Hall–Kier alpha value is -3.13. The topological polar surface area (TPSA) is 87.3 Å². The number of rotatable bonds is 6. The molecule has 1 heterocycles. The van der Waals surface area contributed by atoms with Crippen LogP contribution >= 0.6 is 11.8 Å². The van der Waals surface area contributed by atoms with Gasteiger partial charge in [0, 0.05) is 6.07 Å². The molecule has 0 saturated carbocycles. The molecule has 2 aromatic carbocycles. The molecule has 0 atom stereocenters. The van der Waals surface area contributed by atoms with Crippen molar-refractivity contribution in [3.63, 3.8) is 0 Å². The van der Waals surface area contributed by atoms with E-state index < -0.39 is 4.92 Å². The van der Waals surface area contributed by atoms with E-state index in [1.54, 1.807) is 32.0 Å². The number of hydrogen-bond donors (Lipinski definition) is 0. The smallest absolute Gasteiger partial charge is 0.285 e. The molecule has 0 aliphatic rings. The van der Waals surface area contributed by atoms with E-state index in [1.807, 2.05) is 32.0 Å². The summed E-state index contributed by atoms with van der Waals surface area (Å²) in [6.07, 6.45) is 0. The highest BCUT2D eigenvalue weighted by Crippen LogP contribution is 2.37. The number of ether oxygens (including phenoxy) is 1. The third-order valence-corrected chi connectivity index (χ3v) is 5.78. The molecule has 0 amide bonds. The van der Waals surface area contributed by atoms with Gasteiger partial charge in [0.1, 0.15) is 5.75 Å². The molecule has 0 bridgehead atoms. The number of aryl methyl sites for hydroxylation is 3. The molecule has 0 radical (unpaired) electrons. The Labute approximate surface area is 172 Å². The van der Waals surface area contributed by atoms with Crippen LogP contribution in [0.25, 0.3) is 0 Å². The van der Waals surface area contributed by atoms with Gasteiger partial charge in [-0.3, -0.25) is 14.9 Å². The number of nitro groups is 1. The quantitative estimate of drug-likeness (QED) is 0.424. The van der Waals surface area contributed by atoms with Crippen molar-refractivity contribution in [1.82, 2.24) is 9.78 Å². The van der Waals surface area contributed by atoms with E-state index in [0.717, 1.165) is 16.0 Å².